The Labute approximate surface area is 182 Å². The van der Waals surface area contributed by atoms with E-state index in [0.717, 1.165) is 0 Å². The van der Waals surface area contributed by atoms with E-state index in [4.69, 9.17) is 16.3 Å². The number of pyridine rings is 1. The quantitative estimate of drug-likeness (QED) is 0.439. The predicted octanol–water partition coefficient (Wildman–Crippen LogP) is 4.46. The number of aromatic nitrogens is 1. The number of aromatic carboxylic acids is 1. The summed E-state index contributed by atoms with van der Waals surface area (Å²) in [6, 6.07) is 9.83. The molecule has 0 aliphatic carbocycles. The number of nitro groups is 1. The van der Waals surface area contributed by atoms with Crippen LogP contribution in [0, 0.1) is 10.1 Å². The first-order valence-corrected chi connectivity index (χ1v) is 9.95. The molecule has 2 aromatic carbocycles. The molecule has 1 saturated heterocycles. The van der Waals surface area contributed by atoms with Gasteiger partial charge in [-0.1, -0.05) is 23.7 Å². The van der Waals surface area contributed by atoms with Crippen molar-refractivity contribution in [2.75, 3.05) is 30.0 Å². The number of carbonyl (C=O) groups is 1. The molecule has 0 amide bonds. The number of hydrogen-bond donors (Lipinski definition) is 2. The second-order valence-corrected chi connectivity index (χ2v) is 7.60. The molecule has 2 heterocycles. The van der Waals surface area contributed by atoms with Crippen LogP contribution < -0.4 is 10.2 Å². The lowest BCUT2D eigenvalue weighted by molar-refractivity contribution is -0.384. The molecule has 0 radical (unpaired) electrons. The minimum Gasteiger partial charge on any atom is -0.477 e. The van der Waals surface area contributed by atoms with Gasteiger partial charge in [0.1, 0.15) is 11.3 Å². The summed E-state index contributed by atoms with van der Waals surface area (Å²) in [5.74, 6) is -1.37. The number of fused-ring (bicyclic) bond motifs is 1. The van der Waals surface area contributed by atoms with Crippen molar-refractivity contribution in [1.29, 1.82) is 0 Å². The maximum atomic E-state index is 11.9. The number of nitro benzene ring substituents is 1. The van der Waals surface area contributed by atoms with Gasteiger partial charge in [0.15, 0.2) is 0 Å². The van der Waals surface area contributed by atoms with Crippen LogP contribution in [-0.4, -0.2) is 46.8 Å². The highest BCUT2D eigenvalue weighted by atomic mass is 35.5. The second kappa shape index (κ2) is 8.37. The Bertz CT molecular complexity index is 1190. The molecule has 1 fully saturated rings. The van der Waals surface area contributed by atoms with Gasteiger partial charge in [-0.05, 0) is 31.2 Å². The molecule has 0 unspecified atom stereocenters. The first kappa shape index (κ1) is 20.8. The highest BCUT2D eigenvalue weighted by molar-refractivity contribution is 6.35. The number of rotatable bonds is 5. The topological polar surface area (TPSA) is 118 Å². The van der Waals surface area contributed by atoms with E-state index in [9.17, 15) is 20.0 Å². The van der Waals surface area contributed by atoms with Crippen LogP contribution in [-0.2, 0) is 4.74 Å². The largest absolute Gasteiger partial charge is 0.477 e. The lowest BCUT2D eigenvalue weighted by atomic mass is 10.1. The molecule has 0 spiro atoms. The molecule has 10 heteroatoms. The Hall–Kier alpha value is -3.43. The number of nitrogens with one attached hydrogen (secondary N) is 1. The zero-order valence-corrected chi connectivity index (χ0v) is 17.3. The normalized spacial score (nSPS) is 16.3. The molecule has 1 aliphatic rings. The molecule has 160 valence electrons. The van der Waals surface area contributed by atoms with E-state index in [1.165, 1.54) is 12.3 Å². The number of nitrogens with zero attached hydrogens (tertiary/aromatic N) is 3. The molecule has 1 aliphatic heterocycles. The number of benzene rings is 2. The number of carboxylic acids is 1. The Morgan fingerprint density at radius 3 is 2.87 bits per heavy atom. The van der Waals surface area contributed by atoms with Crippen molar-refractivity contribution >= 4 is 51.2 Å². The first-order valence-electron chi connectivity index (χ1n) is 9.57. The lowest BCUT2D eigenvalue weighted by Gasteiger charge is -2.35. The Kier molecular flexibility index (Phi) is 5.62. The van der Waals surface area contributed by atoms with Crippen LogP contribution in [0.25, 0.3) is 10.9 Å². The predicted molar refractivity (Wildman–Crippen MR) is 118 cm³/mol. The molecule has 31 heavy (non-hydrogen) atoms. The van der Waals surface area contributed by atoms with Gasteiger partial charge in [0, 0.05) is 35.5 Å². The van der Waals surface area contributed by atoms with Crippen molar-refractivity contribution in [2.24, 2.45) is 0 Å². The van der Waals surface area contributed by atoms with Crippen LogP contribution in [0.4, 0.5) is 22.7 Å². The molecule has 3 aromatic rings. The molecule has 0 bridgehead atoms. The van der Waals surface area contributed by atoms with Gasteiger partial charge in [-0.15, -0.1) is 0 Å². The third kappa shape index (κ3) is 3.97. The zero-order chi connectivity index (χ0) is 22.1. The van der Waals surface area contributed by atoms with Crippen molar-refractivity contribution in [3.05, 3.63) is 63.3 Å². The molecule has 9 nitrogen and oxygen atoms in total. The average molecular weight is 443 g/mol. The molecule has 2 N–H and O–H groups in total. The van der Waals surface area contributed by atoms with E-state index >= 15 is 0 Å². The van der Waals surface area contributed by atoms with Gasteiger partial charge in [-0.2, -0.15) is 0 Å². The average Bonchev–Trinajstić information content (AvgIpc) is 2.74. The second-order valence-electron chi connectivity index (χ2n) is 7.19. The highest BCUT2D eigenvalue weighted by Crippen LogP contribution is 2.38. The van der Waals surface area contributed by atoms with Crippen LogP contribution in [0.15, 0.2) is 42.6 Å². The summed E-state index contributed by atoms with van der Waals surface area (Å²) in [6.45, 7) is 3.47. The van der Waals surface area contributed by atoms with E-state index in [1.807, 2.05) is 11.8 Å². The summed E-state index contributed by atoms with van der Waals surface area (Å²) in [5.41, 5.74) is 0.806. The van der Waals surface area contributed by atoms with E-state index < -0.39 is 16.6 Å². The van der Waals surface area contributed by atoms with Gasteiger partial charge in [-0.25, -0.2) is 4.79 Å². The van der Waals surface area contributed by atoms with Crippen LogP contribution in [0.2, 0.25) is 5.02 Å². The van der Waals surface area contributed by atoms with E-state index in [1.54, 1.807) is 30.3 Å². The van der Waals surface area contributed by atoms with Crippen LogP contribution in [0.5, 0.6) is 0 Å². The fraction of sp³-hybridized carbons (Fsp3) is 0.238. The number of halogens is 1. The van der Waals surface area contributed by atoms with E-state index in [0.29, 0.717) is 47.1 Å². The van der Waals surface area contributed by atoms with Gasteiger partial charge in [0.25, 0.3) is 0 Å². The minimum atomic E-state index is -1.37. The Morgan fingerprint density at radius 1 is 1.35 bits per heavy atom. The summed E-state index contributed by atoms with van der Waals surface area (Å²) in [7, 11) is 0. The third-order valence-corrected chi connectivity index (χ3v) is 5.50. The summed E-state index contributed by atoms with van der Waals surface area (Å²) in [4.78, 5) is 29.3. The fourth-order valence-corrected chi connectivity index (χ4v) is 3.97. The SMILES string of the molecule is C[C@H]1COCCN1c1cc(Nc2ccnc3c(Cl)cccc23)c([N+](=O)[O-])c(C(=O)O)c1. The van der Waals surface area contributed by atoms with Gasteiger partial charge >= 0.3 is 11.7 Å². The number of carboxylic acid groups (broad SMARTS) is 1. The standard InChI is InChI=1S/C21H19ClN4O5/c1-12-11-31-8-7-25(12)13-9-15(21(27)28)20(26(29)30)18(10-13)24-17-5-6-23-19-14(17)3-2-4-16(19)22/h2-6,9-10,12H,7-8,11H2,1H3,(H,23,24)(H,27,28)/t12-/m0/s1. The molecule has 1 atom stereocenters. The minimum absolute atomic E-state index is 0.00902. The number of ether oxygens (including phenoxy) is 1. The van der Waals surface area contributed by atoms with Crippen molar-refractivity contribution in [3.8, 4) is 0 Å². The molecular weight excluding hydrogens is 424 g/mol. The zero-order valence-electron chi connectivity index (χ0n) is 16.5. The molecule has 0 saturated carbocycles. The van der Waals surface area contributed by atoms with Crippen molar-refractivity contribution < 1.29 is 19.6 Å². The number of hydrogen-bond acceptors (Lipinski definition) is 7. The van der Waals surface area contributed by atoms with Crippen molar-refractivity contribution in [1.82, 2.24) is 4.98 Å². The lowest BCUT2D eigenvalue weighted by Crippen LogP contribution is -2.43. The third-order valence-electron chi connectivity index (χ3n) is 5.20. The van der Waals surface area contributed by atoms with E-state index in [-0.39, 0.29) is 17.3 Å². The van der Waals surface area contributed by atoms with Crippen molar-refractivity contribution in [2.45, 2.75) is 13.0 Å². The van der Waals surface area contributed by atoms with Gasteiger partial charge < -0.3 is 20.1 Å². The molecular formula is C21H19ClN4O5. The van der Waals surface area contributed by atoms with Gasteiger partial charge in [0.2, 0.25) is 0 Å². The summed E-state index contributed by atoms with van der Waals surface area (Å²) >= 11 is 6.23. The number of para-hydroxylation sites is 1. The summed E-state index contributed by atoms with van der Waals surface area (Å²) < 4.78 is 5.46. The maximum absolute atomic E-state index is 11.9. The van der Waals surface area contributed by atoms with Gasteiger partial charge in [0.05, 0.1) is 28.7 Å². The summed E-state index contributed by atoms with van der Waals surface area (Å²) in [5, 5.41) is 25.7. The first-order chi connectivity index (χ1) is 14.9. The van der Waals surface area contributed by atoms with Crippen LogP contribution in [0.1, 0.15) is 17.3 Å². The number of morpholine rings is 1. The van der Waals surface area contributed by atoms with Crippen LogP contribution in [0.3, 0.4) is 0 Å². The van der Waals surface area contributed by atoms with E-state index in [2.05, 4.69) is 10.3 Å². The van der Waals surface area contributed by atoms with Gasteiger partial charge in [-0.3, -0.25) is 15.1 Å². The van der Waals surface area contributed by atoms with Crippen LogP contribution >= 0.6 is 11.6 Å². The number of anilines is 3. The fourth-order valence-electron chi connectivity index (χ4n) is 3.74. The highest BCUT2D eigenvalue weighted by Gasteiger charge is 2.29. The summed E-state index contributed by atoms with van der Waals surface area (Å²) in [6.07, 6.45) is 1.54. The van der Waals surface area contributed by atoms with Crippen molar-refractivity contribution in [3.63, 3.8) is 0 Å². The Balaban J connectivity index is 1.89. The molecule has 4 rings (SSSR count). The Morgan fingerprint density at radius 2 is 2.16 bits per heavy atom. The monoisotopic (exact) mass is 442 g/mol. The molecule has 1 aromatic heterocycles. The maximum Gasteiger partial charge on any atom is 0.342 e. The smallest absolute Gasteiger partial charge is 0.342 e.